The van der Waals surface area contributed by atoms with Crippen LogP contribution in [0.1, 0.15) is 24.9 Å². The van der Waals surface area contributed by atoms with Crippen molar-refractivity contribution in [2.45, 2.75) is 19.4 Å². The van der Waals surface area contributed by atoms with Gasteiger partial charge in [0.25, 0.3) is 0 Å². The zero-order valence-corrected chi connectivity index (χ0v) is 15.5. The third kappa shape index (κ3) is 6.97. The third-order valence-corrected chi connectivity index (χ3v) is 3.91. The topological polar surface area (TPSA) is 64.6 Å². The van der Waals surface area contributed by atoms with Crippen LogP contribution in [0.5, 0.6) is 5.75 Å². The lowest BCUT2D eigenvalue weighted by Crippen LogP contribution is -2.28. The van der Waals surface area contributed by atoms with Gasteiger partial charge in [0.15, 0.2) is 0 Å². The highest BCUT2D eigenvalue weighted by molar-refractivity contribution is 9.10. The van der Waals surface area contributed by atoms with E-state index in [4.69, 9.17) is 9.47 Å². The second kappa shape index (κ2) is 9.84. The molecule has 2 rings (SSSR count). The van der Waals surface area contributed by atoms with E-state index in [9.17, 15) is 9.59 Å². The van der Waals surface area contributed by atoms with Gasteiger partial charge in [0.05, 0.1) is 12.5 Å². The summed E-state index contributed by atoms with van der Waals surface area (Å²) in [5.41, 5.74) is 0.862. The van der Waals surface area contributed by atoms with E-state index in [1.165, 1.54) is 6.92 Å². The van der Waals surface area contributed by atoms with Crippen LogP contribution in [-0.4, -0.2) is 25.1 Å². The molecule has 0 radical (unpaired) electrons. The first-order chi connectivity index (χ1) is 12.0. The molecule has 1 N–H and O–H groups in total. The van der Waals surface area contributed by atoms with Crippen LogP contribution in [0.2, 0.25) is 0 Å². The van der Waals surface area contributed by atoms with Gasteiger partial charge in [-0.05, 0) is 29.8 Å². The van der Waals surface area contributed by atoms with Gasteiger partial charge in [-0.15, -0.1) is 0 Å². The zero-order valence-electron chi connectivity index (χ0n) is 13.9. The van der Waals surface area contributed by atoms with Crippen molar-refractivity contribution < 1.29 is 19.1 Å². The molecule has 0 fully saturated rings. The van der Waals surface area contributed by atoms with Crippen molar-refractivity contribution in [2.24, 2.45) is 0 Å². The Morgan fingerprint density at radius 2 is 1.72 bits per heavy atom. The molecule has 0 saturated carbocycles. The Morgan fingerprint density at radius 1 is 1.04 bits per heavy atom. The van der Waals surface area contributed by atoms with Crippen molar-refractivity contribution in [3.63, 3.8) is 0 Å². The Hall–Kier alpha value is -2.34. The van der Waals surface area contributed by atoms with Crippen LogP contribution in [0.3, 0.4) is 0 Å². The van der Waals surface area contributed by atoms with Gasteiger partial charge in [-0.2, -0.15) is 0 Å². The summed E-state index contributed by atoms with van der Waals surface area (Å²) in [5.74, 6) is 0.127. The van der Waals surface area contributed by atoms with E-state index in [1.54, 1.807) is 0 Å². The first-order valence-corrected chi connectivity index (χ1v) is 8.70. The van der Waals surface area contributed by atoms with Gasteiger partial charge < -0.3 is 14.8 Å². The molecule has 6 heteroatoms. The SMILES string of the molecule is CC(=O)N[C@H](CC(=O)OCCOc1ccc(Br)cc1)c1ccccc1. The minimum atomic E-state index is -0.404. The maximum Gasteiger partial charge on any atom is 0.308 e. The minimum Gasteiger partial charge on any atom is -0.490 e. The number of hydrogen-bond donors (Lipinski definition) is 1. The van der Waals surface area contributed by atoms with Crippen LogP contribution >= 0.6 is 15.9 Å². The second-order valence-electron chi connectivity index (χ2n) is 5.39. The number of hydrogen-bond acceptors (Lipinski definition) is 4. The molecule has 0 heterocycles. The smallest absolute Gasteiger partial charge is 0.308 e. The molecule has 2 aromatic carbocycles. The summed E-state index contributed by atoms with van der Waals surface area (Å²) < 4.78 is 11.7. The lowest BCUT2D eigenvalue weighted by atomic mass is 10.0. The van der Waals surface area contributed by atoms with Crippen molar-refractivity contribution >= 4 is 27.8 Å². The van der Waals surface area contributed by atoms with Crippen LogP contribution in [0.4, 0.5) is 0 Å². The molecule has 0 aromatic heterocycles. The van der Waals surface area contributed by atoms with Gasteiger partial charge in [-0.3, -0.25) is 9.59 Å². The normalized spacial score (nSPS) is 11.4. The van der Waals surface area contributed by atoms with Gasteiger partial charge in [-0.25, -0.2) is 0 Å². The van der Waals surface area contributed by atoms with E-state index in [2.05, 4.69) is 21.2 Å². The predicted octanol–water partition coefficient (Wildman–Crippen LogP) is 3.64. The van der Waals surface area contributed by atoms with Crippen LogP contribution in [-0.2, 0) is 14.3 Å². The van der Waals surface area contributed by atoms with Gasteiger partial charge in [-0.1, -0.05) is 46.3 Å². The fourth-order valence-corrected chi connectivity index (χ4v) is 2.52. The fraction of sp³-hybridized carbons (Fsp3) is 0.263. The Balaban J connectivity index is 1.78. The predicted molar refractivity (Wildman–Crippen MR) is 98.2 cm³/mol. The van der Waals surface area contributed by atoms with Crippen LogP contribution in [0.15, 0.2) is 59.1 Å². The molecule has 0 unspecified atom stereocenters. The molecule has 0 saturated heterocycles. The van der Waals surface area contributed by atoms with E-state index < -0.39 is 6.04 Å². The molecular weight excluding hydrogens is 386 g/mol. The number of esters is 1. The number of halogens is 1. The monoisotopic (exact) mass is 405 g/mol. The molecular formula is C19H20BrNO4. The summed E-state index contributed by atoms with van der Waals surface area (Å²) in [4.78, 5) is 23.4. The van der Waals surface area contributed by atoms with E-state index in [0.717, 1.165) is 10.0 Å². The van der Waals surface area contributed by atoms with E-state index >= 15 is 0 Å². The summed E-state index contributed by atoms with van der Waals surface area (Å²) in [6, 6.07) is 16.3. The molecule has 0 aliphatic rings. The lowest BCUT2D eigenvalue weighted by Gasteiger charge is -2.17. The third-order valence-electron chi connectivity index (χ3n) is 3.38. The summed E-state index contributed by atoms with van der Waals surface area (Å²) in [7, 11) is 0. The fourth-order valence-electron chi connectivity index (χ4n) is 2.25. The molecule has 0 spiro atoms. The first kappa shape index (κ1) is 19.0. The number of carbonyl (C=O) groups is 2. The van der Waals surface area contributed by atoms with Gasteiger partial charge in [0, 0.05) is 11.4 Å². The van der Waals surface area contributed by atoms with E-state index in [-0.39, 0.29) is 31.5 Å². The average Bonchev–Trinajstić information content (AvgIpc) is 2.60. The molecule has 0 aliphatic carbocycles. The molecule has 2 aromatic rings. The molecule has 5 nitrogen and oxygen atoms in total. The number of ether oxygens (including phenoxy) is 2. The standard InChI is InChI=1S/C19H20BrNO4/c1-14(22)21-18(15-5-3-2-4-6-15)13-19(23)25-12-11-24-17-9-7-16(20)8-10-17/h2-10,18H,11-13H2,1H3,(H,21,22)/t18-/m1/s1. The zero-order chi connectivity index (χ0) is 18.1. The highest BCUT2D eigenvalue weighted by Crippen LogP contribution is 2.18. The van der Waals surface area contributed by atoms with Gasteiger partial charge >= 0.3 is 5.97 Å². The van der Waals surface area contributed by atoms with E-state index in [1.807, 2.05) is 54.6 Å². The average molecular weight is 406 g/mol. The maximum absolute atomic E-state index is 12.0. The second-order valence-corrected chi connectivity index (χ2v) is 6.31. The largest absolute Gasteiger partial charge is 0.490 e. The molecule has 25 heavy (non-hydrogen) atoms. The van der Waals surface area contributed by atoms with Crippen molar-refractivity contribution in [3.05, 3.63) is 64.6 Å². The minimum absolute atomic E-state index is 0.0713. The van der Waals surface area contributed by atoms with Crippen molar-refractivity contribution in [1.82, 2.24) is 5.32 Å². The summed E-state index contributed by atoms with van der Waals surface area (Å²) in [5, 5.41) is 2.77. The molecule has 132 valence electrons. The number of carbonyl (C=O) groups excluding carboxylic acids is 2. The highest BCUT2D eigenvalue weighted by atomic mass is 79.9. The summed E-state index contributed by atoms with van der Waals surface area (Å²) in [6.45, 7) is 1.84. The maximum atomic E-state index is 12.0. The van der Waals surface area contributed by atoms with Crippen LogP contribution in [0.25, 0.3) is 0 Å². The first-order valence-electron chi connectivity index (χ1n) is 7.90. The molecule has 0 bridgehead atoms. The number of rotatable bonds is 8. The highest BCUT2D eigenvalue weighted by Gasteiger charge is 2.17. The van der Waals surface area contributed by atoms with Crippen molar-refractivity contribution in [1.29, 1.82) is 0 Å². The Bertz CT molecular complexity index is 688. The van der Waals surface area contributed by atoms with Crippen molar-refractivity contribution in [2.75, 3.05) is 13.2 Å². The van der Waals surface area contributed by atoms with Crippen molar-refractivity contribution in [3.8, 4) is 5.75 Å². The molecule has 0 aliphatic heterocycles. The lowest BCUT2D eigenvalue weighted by molar-refractivity contribution is -0.145. The number of nitrogens with one attached hydrogen (secondary N) is 1. The van der Waals surface area contributed by atoms with E-state index in [0.29, 0.717) is 5.75 Å². The summed E-state index contributed by atoms with van der Waals surface area (Å²) >= 11 is 3.35. The summed E-state index contributed by atoms with van der Waals surface area (Å²) in [6.07, 6.45) is 0.0713. The number of amides is 1. The Morgan fingerprint density at radius 3 is 2.36 bits per heavy atom. The quantitative estimate of drug-likeness (QED) is 0.537. The van der Waals surface area contributed by atoms with Gasteiger partial charge in [0.1, 0.15) is 19.0 Å². The van der Waals surface area contributed by atoms with Crippen LogP contribution < -0.4 is 10.1 Å². The number of benzene rings is 2. The van der Waals surface area contributed by atoms with Crippen LogP contribution in [0, 0.1) is 0 Å². The Kier molecular flexibility index (Phi) is 7.47. The van der Waals surface area contributed by atoms with Gasteiger partial charge in [0.2, 0.25) is 5.91 Å². The molecule has 1 atom stereocenters. The molecule has 1 amide bonds. The Labute approximate surface area is 155 Å².